The van der Waals surface area contributed by atoms with Gasteiger partial charge in [0.2, 0.25) is 11.1 Å². The number of hydrogen-bond acceptors (Lipinski definition) is 6. The van der Waals surface area contributed by atoms with Gasteiger partial charge < -0.3 is 10.1 Å². The molecule has 0 fully saturated rings. The second kappa shape index (κ2) is 10.2. The fourth-order valence-corrected chi connectivity index (χ4v) is 6.46. The van der Waals surface area contributed by atoms with Crippen molar-refractivity contribution in [3.05, 3.63) is 58.1 Å². The lowest BCUT2D eigenvalue weighted by Gasteiger charge is -2.18. The number of rotatable bonds is 9. The molecule has 182 valence electrons. The van der Waals surface area contributed by atoms with Gasteiger partial charge in [0.25, 0.3) is 0 Å². The Morgan fingerprint density at radius 3 is 2.51 bits per heavy atom. The molecule has 35 heavy (non-hydrogen) atoms. The molecule has 0 saturated carbocycles. The van der Waals surface area contributed by atoms with Gasteiger partial charge in [0.1, 0.15) is 6.73 Å². The number of aromatic nitrogens is 3. The van der Waals surface area contributed by atoms with Gasteiger partial charge in [0, 0.05) is 25.3 Å². The number of anilines is 2. The molecule has 0 spiro atoms. The van der Waals surface area contributed by atoms with Crippen LogP contribution in [-0.2, 0) is 37.2 Å². The van der Waals surface area contributed by atoms with Crippen molar-refractivity contribution < 1.29 is 4.74 Å². The Morgan fingerprint density at radius 1 is 1.09 bits per heavy atom. The Balaban J connectivity index is 1.43. The third kappa shape index (κ3) is 5.63. The van der Waals surface area contributed by atoms with Crippen molar-refractivity contribution in [3.63, 3.8) is 0 Å². The van der Waals surface area contributed by atoms with E-state index in [-0.39, 0.29) is 0 Å². The number of aryl methyl sites for hydroxylation is 2. The van der Waals surface area contributed by atoms with Crippen LogP contribution in [0.5, 0.6) is 0 Å². The van der Waals surface area contributed by atoms with E-state index < -0.39 is 8.07 Å². The summed E-state index contributed by atoms with van der Waals surface area (Å²) >= 11 is 1.47. The smallest absolute Gasteiger partial charge is 0.228 e. The lowest BCUT2D eigenvalue weighted by molar-refractivity contribution is 0.0792. The predicted molar refractivity (Wildman–Crippen MR) is 143 cm³/mol. The zero-order chi connectivity index (χ0) is 24.4. The second-order valence-electron chi connectivity index (χ2n) is 10.7. The predicted octanol–water partition coefficient (Wildman–Crippen LogP) is 6.33. The first kappa shape index (κ1) is 24.1. The number of ether oxygens (including phenoxy) is 1. The van der Waals surface area contributed by atoms with Gasteiger partial charge in [-0.2, -0.15) is 10.2 Å². The highest BCUT2D eigenvalue weighted by Crippen LogP contribution is 2.40. The monoisotopic (exact) mass is 503 g/mol. The van der Waals surface area contributed by atoms with Crippen LogP contribution in [0, 0.1) is 11.3 Å². The number of fused-ring (bicyclic) bond motifs is 2. The first-order valence-electron chi connectivity index (χ1n) is 12.5. The number of nitriles is 1. The van der Waals surface area contributed by atoms with Crippen LogP contribution in [-0.4, -0.2) is 29.4 Å². The maximum absolute atomic E-state index is 9.25. The molecule has 1 heterocycles. The van der Waals surface area contributed by atoms with Crippen LogP contribution >= 0.6 is 11.8 Å². The summed E-state index contributed by atoms with van der Waals surface area (Å²) in [6.07, 6.45) is 7.01. The van der Waals surface area contributed by atoms with Crippen LogP contribution in [0.1, 0.15) is 40.7 Å². The first-order chi connectivity index (χ1) is 16.9. The van der Waals surface area contributed by atoms with Crippen molar-refractivity contribution in [2.75, 3.05) is 11.9 Å². The molecule has 0 unspecified atom stereocenters. The van der Waals surface area contributed by atoms with E-state index in [1.807, 2.05) is 28.9 Å². The fourth-order valence-electron chi connectivity index (χ4n) is 4.89. The summed E-state index contributed by atoms with van der Waals surface area (Å²) in [4.78, 5) is 5.84. The Morgan fingerprint density at radius 2 is 1.83 bits per heavy atom. The van der Waals surface area contributed by atoms with Crippen molar-refractivity contribution in [1.29, 1.82) is 5.26 Å². The van der Waals surface area contributed by atoms with Crippen molar-refractivity contribution in [2.45, 2.75) is 81.0 Å². The molecule has 1 aromatic heterocycles. The molecule has 2 aliphatic carbocycles. The number of benzene rings is 2. The standard InChI is InChI=1S/C27H33N5OSSi/c1-35(2,3)14-13-33-18-32-26(30-27(31-32)34-22-10-4-7-19(15-22)17-28)29-25-23-11-5-8-20(23)16-21-9-6-12-24(21)25/h4,7,10,15-16H,5-6,8-9,11-14,18H2,1-3H3,(H,29,30,31). The quantitative estimate of drug-likeness (QED) is 0.271. The summed E-state index contributed by atoms with van der Waals surface area (Å²) in [6, 6.07) is 13.3. The van der Waals surface area contributed by atoms with Gasteiger partial charge in [-0.05, 0) is 96.8 Å². The zero-order valence-corrected chi connectivity index (χ0v) is 22.7. The summed E-state index contributed by atoms with van der Waals surface area (Å²) in [7, 11) is -1.16. The molecule has 6 nitrogen and oxygen atoms in total. The minimum atomic E-state index is -1.16. The largest absolute Gasteiger partial charge is 0.359 e. The maximum Gasteiger partial charge on any atom is 0.228 e. The van der Waals surface area contributed by atoms with E-state index in [1.165, 1.54) is 65.4 Å². The van der Waals surface area contributed by atoms with E-state index in [4.69, 9.17) is 14.8 Å². The van der Waals surface area contributed by atoms with Crippen LogP contribution in [0.3, 0.4) is 0 Å². The van der Waals surface area contributed by atoms with Gasteiger partial charge in [-0.3, -0.25) is 0 Å². The third-order valence-electron chi connectivity index (χ3n) is 6.74. The Hall–Kier alpha value is -2.60. The molecule has 8 heteroatoms. The van der Waals surface area contributed by atoms with Crippen molar-refractivity contribution in [2.24, 2.45) is 0 Å². The zero-order valence-electron chi connectivity index (χ0n) is 20.9. The summed E-state index contributed by atoms with van der Waals surface area (Å²) in [6.45, 7) is 8.19. The molecule has 0 atom stereocenters. The van der Waals surface area contributed by atoms with Gasteiger partial charge in [-0.25, -0.2) is 4.68 Å². The highest BCUT2D eigenvalue weighted by atomic mass is 32.2. The van der Waals surface area contributed by atoms with E-state index in [2.05, 4.69) is 37.1 Å². The summed E-state index contributed by atoms with van der Waals surface area (Å²) < 4.78 is 7.92. The molecule has 5 rings (SSSR count). The summed E-state index contributed by atoms with van der Waals surface area (Å²) in [5.74, 6) is 0.728. The number of hydrogen-bond donors (Lipinski definition) is 1. The SMILES string of the molecule is C[Si](C)(C)CCOCn1nc(Sc2cccc(C#N)c2)nc1Nc1c2c(cc3c1CCC3)CCC2. The van der Waals surface area contributed by atoms with Crippen molar-refractivity contribution >= 4 is 31.5 Å². The van der Waals surface area contributed by atoms with Crippen LogP contribution in [0.4, 0.5) is 11.6 Å². The van der Waals surface area contributed by atoms with E-state index in [0.717, 1.165) is 36.3 Å². The van der Waals surface area contributed by atoms with Crippen molar-refractivity contribution in [1.82, 2.24) is 14.8 Å². The lowest BCUT2D eigenvalue weighted by Crippen LogP contribution is -2.22. The molecule has 2 aromatic carbocycles. The maximum atomic E-state index is 9.25. The van der Waals surface area contributed by atoms with Gasteiger partial charge in [-0.15, -0.1) is 5.10 Å². The molecular formula is C27H33N5OSSi. The van der Waals surface area contributed by atoms with E-state index in [1.54, 1.807) is 0 Å². The fraction of sp³-hybridized carbons (Fsp3) is 0.444. The van der Waals surface area contributed by atoms with Crippen LogP contribution < -0.4 is 5.32 Å². The summed E-state index contributed by atoms with van der Waals surface area (Å²) in [5.41, 5.74) is 7.79. The molecule has 0 bridgehead atoms. The highest BCUT2D eigenvalue weighted by Gasteiger charge is 2.25. The summed E-state index contributed by atoms with van der Waals surface area (Å²) in [5, 5.41) is 18.4. The van der Waals surface area contributed by atoms with Gasteiger partial charge in [0.15, 0.2) is 0 Å². The topological polar surface area (TPSA) is 75.8 Å². The molecule has 3 aromatic rings. The third-order valence-corrected chi connectivity index (χ3v) is 9.29. The molecule has 2 aliphatic rings. The highest BCUT2D eigenvalue weighted by molar-refractivity contribution is 7.99. The van der Waals surface area contributed by atoms with E-state index >= 15 is 0 Å². The minimum Gasteiger partial charge on any atom is -0.359 e. The number of nitrogens with zero attached hydrogens (tertiary/aromatic N) is 4. The van der Waals surface area contributed by atoms with Crippen molar-refractivity contribution in [3.8, 4) is 6.07 Å². The Labute approximate surface area is 213 Å². The van der Waals surface area contributed by atoms with E-state index in [9.17, 15) is 5.26 Å². The minimum absolute atomic E-state index is 0.371. The average Bonchev–Trinajstić information content (AvgIpc) is 3.56. The molecular weight excluding hydrogens is 470 g/mol. The molecule has 1 N–H and O–H groups in total. The van der Waals surface area contributed by atoms with Gasteiger partial charge >= 0.3 is 0 Å². The number of nitrogens with one attached hydrogen (secondary N) is 1. The van der Waals surface area contributed by atoms with Crippen LogP contribution in [0.2, 0.25) is 25.7 Å². The van der Waals surface area contributed by atoms with Gasteiger partial charge in [-0.1, -0.05) is 31.8 Å². The Bertz CT molecular complexity index is 1240. The average molecular weight is 504 g/mol. The molecule has 0 saturated heterocycles. The second-order valence-corrected chi connectivity index (χ2v) is 17.3. The lowest BCUT2D eigenvalue weighted by atomic mass is 9.99. The first-order valence-corrected chi connectivity index (χ1v) is 17.1. The molecule has 0 aliphatic heterocycles. The van der Waals surface area contributed by atoms with Crippen LogP contribution in [0.25, 0.3) is 0 Å². The normalized spacial score (nSPS) is 14.6. The Kier molecular flexibility index (Phi) is 7.01. The molecule has 0 radical (unpaired) electrons. The molecule has 0 amide bonds. The van der Waals surface area contributed by atoms with Crippen LogP contribution in [0.15, 0.2) is 40.4 Å². The van der Waals surface area contributed by atoms with E-state index in [0.29, 0.717) is 17.5 Å². The van der Waals surface area contributed by atoms with Gasteiger partial charge in [0.05, 0.1) is 11.6 Å².